The van der Waals surface area contributed by atoms with Gasteiger partial charge in [0, 0.05) is 24.8 Å². The standard InChI is InChI=1S/C6H8O7.GeH2.Na/c7-3(8)1-6(13,5(11)12)2-4(9)10;;/h13H,1-2H2,(H,7,8)(H,9,10)(H,11,12);1H2;/q;+2;+1/p-3. The summed E-state index contributed by atoms with van der Waals surface area (Å²) >= 11 is 0. The molecule has 1 N–H and O–H groups in total. The molecule has 78 valence electrons. The number of hydrogen-bond acceptors (Lipinski definition) is 7. The average molecular weight is 287 g/mol. The van der Waals surface area contributed by atoms with E-state index in [0.717, 1.165) is 0 Å². The fourth-order valence-corrected chi connectivity index (χ4v) is 0.684. The molecule has 0 spiro atoms. The summed E-state index contributed by atoms with van der Waals surface area (Å²) in [5, 5.41) is 38.9. The van der Waals surface area contributed by atoms with Gasteiger partial charge in [0.05, 0.1) is 5.97 Å². The third-order valence-electron chi connectivity index (χ3n) is 1.25. The van der Waals surface area contributed by atoms with E-state index in [1.165, 1.54) is 0 Å². The summed E-state index contributed by atoms with van der Waals surface area (Å²) in [4.78, 5) is 30.0. The van der Waals surface area contributed by atoms with E-state index in [-0.39, 0.29) is 47.2 Å². The molecule has 0 amide bonds. The van der Waals surface area contributed by atoms with Gasteiger partial charge >= 0.3 is 47.2 Å². The smallest absolute Gasteiger partial charge is 1.00 e. The van der Waals surface area contributed by atoms with Gasteiger partial charge in [-0.1, -0.05) is 0 Å². The second-order valence-electron chi connectivity index (χ2n) is 2.42. The Morgan fingerprint density at radius 1 is 1.00 bits per heavy atom. The molecule has 0 aliphatic carbocycles. The van der Waals surface area contributed by atoms with Crippen LogP contribution in [0.15, 0.2) is 0 Å². The maximum atomic E-state index is 10.1. The van der Waals surface area contributed by atoms with Crippen molar-refractivity contribution in [2.45, 2.75) is 18.4 Å². The van der Waals surface area contributed by atoms with E-state index < -0.39 is 36.4 Å². The van der Waals surface area contributed by atoms with Crippen LogP contribution < -0.4 is 44.9 Å². The number of rotatable bonds is 5. The Bertz CT molecular complexity index is 238. The van der Waals surface area contributed by atoms with Gasteiger partial charge in [0.2, 0.25) is 0 Å². The number of carboxylic acids is 3. The number of aliphatic carboxylic acids is 3. The van der Waals surface area contributed by atoms with Crippen molar-refractivity contribution in [1.29, 1.82) is 0 Å². The molecule has 0 unspecified atom stereocenters. The van der Waals surface area contributed by atoms with Crippen LogP contribution in [-0.4, -0.2) is 46.2 Å². The van der Waals surface area contributed by atoms with E-state index in [4.69, 9.17) is 5.11 Å². The minimum Gasteiger partial charge on any atom is 1.00 e. The number of carbonyl (C=O) groups is 3. The van der Waals surface area contributed by atoms with Gasteiger partial charge in [-0.05, 0) is 0 Å². The maximum Gasteiger partial charge on any atom is 1.00 e. The predicted molar refractivity (Wildman–Crippen MR) is 37.7 cm³/mol. The zero-order chi connectivity index (χ0) is 10.6. The quantitative estimate of drug-likeness (QED) is 0.495. The Kier molecular flexibility index (Phi) is 11.0. The summed E-state index contributed by atoms with van der Waals surface area (Å²) in [5.74, 6) is -5.98. The molecule has 15 heavy (non-hydrogen) atoms. The van der Waals surface area contributed by atoms with Crippen molar-refractivity contribution in [2.75, 3.05) is 0 Å². The average Bonchev–Trinajstić information content (AvgIpc) is 1.82. The summed E-state index contributed by atoms with van der Waals surface area (Å²) < 4.78 is 0. The minimum atomic E-state index is -2.97. The summed E-state index contributed by atoms with van der Waals surface area (Å²) in [6.07, 6.45) is -2.72. The third kappa shape index (κ3) is 7.80. The van der Waals surface area contributed by atoms with Crippen LogP contribution in [-0.2, 0) is 14.4 Å². The molecule has 0 aromatic carbocycles. The van der Waals surface area contributed by atoms with E-state index in [1.54, 1.807) is 0 Å². The second kappa shape index (κ2) is 8.11. The molecule has 0 aliphatic heterocycles. The van der Waals surface area contributed by atoms with Crippen molar-refractivity contribution < 1.29 is 64.4 Å². The summed E-state index contributed by atoms with van der Waals surface area (Å²) in [6, 6.07) is 0. The Balaban J connectivity index is -0.000000720. The molecule has 9 heteroatoms. The van der Waals surface area contributed by atoms with E-state index in [1.807, 2.05) is 0 Å². The van der Waals surface area contributed by atoms with Gasteiger partial charge in [0.25, 0.3) is 0 Å². The fourth-order valence-electron chi connectivity index (χ4n) is 0.684. The van der Waals surface area contributed by atoms with E-state index in [9.17, 15) is 29.7 Å². The van der Waals surface area contributed by atoms with Crippen LogP contribution in [0.5, 0.6) is 0 Å². The Morgan fingerprint density at radius 3 is 1.40 bits per heavy atom. The van der Waals surface area contributed by atoms with Crippen molar-refractivity contribution in [3.63, 3.8) is 0 Å². The first-order chi connectivity index (χ1) is 5.78. The number of carboxylic acid groups (broad SMARTS) is 3. The van der Waals surface area contributed by atoms with Crippen molar-refractivity contribution in [3.05, 3.63) is 0 Å². The Labute approximate surface area is 118 Å². The zero-order valence-electron chi connectivity index (χ0n) is 8.02. The first kappa shape index (κ1) is 20.3. The van der Waals surface area contributed by atoms with Crippen molar-refractivity contribution in [3.8, 4) is 0 Å². The first-order valence-corrected chi connectivity index (χ1v) is 3.11. The van der Waals surface area contributed by atoms with E-state index in [2.05, 4.69) is 0 Å². The zero-order valence-corrected chi connectivity index (χ0v) is 13.0. The molecule has 7 nitrogen and oxygen atoms in total. The molecular weight excluding hydrogens is 280 g/mol. The second-order valence-corrected chi connectivity index (χ2v) is 2.42. The predicted octanol–water partition coefficient (Wildman–Crippen LogP) is -9.16. The summed E-state index contributed by atoms with van der Waals surface area (Å²) in [6.45, 7) is 0. The minimum absolute atomic E-state index is 0. The van der Waals surface area contributed by atoms with Gasteiger partial charge in [-0.15, -0.1) is 0 Å². The molecule has 0 aromatic rings. The van der Waals surface area contributed by atoms with Gasteiger partial charge < -0.3 is 34.8 Å². The first-order valence-electron chi connectivity index (χ1n) is 3.11. The fraction of sp³-hybridized carbons (Fsp3) is 0.500. The van der Waals surface area contributed by atoms with Crippen molar-refractivity contribution in [1.82, 2.24) is 0 Å². The Hall–Kier alpha value is -0.0871. The molecule has 0 bridgehead atoms. The van der Waals surface area contributed by atoms with Crippen LogP contribution in [0.1, 0.15) is 12.8 Å². The normalized spacial score (nSPS) is 9.40. The monoisotopic (exact) mass is 288 g/mol. The topological polar surface area (TPSA) is 141 Å². The third-order valence-corrected chi connectivity index (χ3v) is 1.25. The van der Waals surface area contributed by atoms with Gasteiger partial charge in [-0.25, -0.2) is 0 Å². The van der Waals surface area contributed by atoms with Crippen LogP contribution in [0.3, 0.4) is 0 Å². The molecule has 0 saturated heterocycles. The van der Waals surface area contributed by atoms with Crippen LogP contribution >= 0.6 is 0 Å². The summed E-state index contributed by atoms with van der Waals surface area (Å²) in [7, 11) is 0. The van der Waals surface area contributed by atoms with Crippen LogP contribution in [0.2, 0.25) is 0 Å². The Morgan fingerprint density at radius 2 is 1.27 bits per heavy atom. The number of aliphatic hydroxyl groups is 1. The molecule has 0 heterocycles. The SMILES string of the molecule is O=C([O-])CC(O)(CC(=O)[O-])C(=O)[O-].[GeH2+2].[Na+]. The molecule has 0 radical (unpaired) electrons. The largest absolute Gasteiger partial charge is 1.00 e. The van der Waals surface area contributed by atoms with Crippen molar-refractivity contribution >= 4 is 35.5 Å². The summed E-state index contributed by atoms with van der Waals surface area (Å²) in [5.41, 5.74) is -2.97. The van der Waals surface area contributed by atoms with Gasteiger partial charge in [0.1, 0.15) is 5.60 Å². The van der Waals surface area contributed by atoms with E-state index in [0.29, 0.717) is 0 Å². The van der Waals surface area contributed by atoms with Gasteiger partial charge in [0.15, 0.2) is 0 Å². The van der Waals surface area contributed by atoms with Crippen LogP contribution in [0, 0.1) is 0 Å². The van der Waals surface area contributed by atoms with Gasteiger partial charge in [-0.2, -0.15) is 0 Å². The molecule has 0 aromatic heterocycles. The number of carbonyl (C=O) groups excluding carboxylic acids is 3. The van der Waals surface area contributed by atoms with E-state index >= 15 is 0 Å². The van der Waals surface area contributed by atoms with Gasteiger partial charge in [-0.3, -0.25) is 0 Å². The van der Waals surface area contributed by atoms with Crippen LogP contribution in [0.25, 0.3) is 0 Å². The molecule has 0 saturated carbocycles. The molecule has 0 fully saturated rings. The van der Waals surface area contributed by atoms with Crippen molar-refractivity contribution in [2.24, 2.45) is 0 Å². The maximum absolute atomic E-state index is 10.1. The molecule has 0 rings (SSSR count). The number of hydrogen-bond donors (Lipinski definition) is 1. The molecular formula is C6H7GeNaO7. The molecule has 0 atom stereocenters. The molecule has 0 aliphatic rings. The van der Waals surface area contributed by atoms with Crippen LogP contribution in [0.4, 0.5) is 0 Å².